The van der Waals surface area contributed by atoms with Gasteiger partial charge in [-0.05, 0) is 39.2 Å². The van der Waals surface area contributed by atoms with Crippen molar-refractivity contribution in [3.05, 3.63) is 35.9 Å². The first-order chi connectivity index (χ1) is 11.2. The Morgan fingerprint density at radius 3 is 2.25 bits per heavy atom. The van der Waals surface area contributed by atoms with Gasteiger partial charge in [0.2, 0.25) is 0 Å². The topological polar surface area (TPSA) is 93.0 Å². The summed E-state index contributed by atoms with van der Waals surface area (Å²) >= 11 is 0. The summed E-state index contributed by atoms with van der Waals surface area (Å²) in [6.07, 6.45) is -1.82. The second kappa shape index (κ2) is 9.01. The normalized spacial score (nSPS) is 15.6. The SMILES string of the molecule is CCC(O)NC[C@@H](O)[C@H](Cc1ccccc1)N(C(=O)O)C(C)(C)C. The maximum atomic E-state index is 11.8. The predicted octanol–water partition coefficient (Wildman–Crippen LogP) is 2.06. The molecule has 1 unspecified atom stereocenters. The molecule has 0 fully saturated rings. The van der Waals surface area contributed by atoms with E-state index < -0.39 is 30.0 Å². The van der Waals surface area contributed by atoms with Gasteiger partial charge >= 0.3 is 6.09 Å². The van der Waals surface area contributed by atoms with Crippen LogP contribution in [-0.2, 0) is 6.42 Å². The maximum absolute atomic E-state index is 11.8. The molecule has 6 nitrogen and oxygen atoms in total. The highest BCUT2D eigenvalue weighted by molar-refractivity contribution is 5.66. The third-order valence-electron chi connectivity index (χ3n) is 3.94. The number of aliphatic hydroxyl groups excluding tert-OH is 2. The van der Waals surface area contributed by atoms with Crippen molar-refractivity contribution in [2.75, 3.05) is 6.54 Å². The van der Waals surface area contributed by atoms with Gasteiger partial charge in [-0.2, -0.15) is 0 Å². The minimum atomic E-state index is -1.07. The van der Waals surface area contributed by atoms with Crippen molar-refractivity contribution in [3.8, 4) is 0 Å². The van der Waals surface area contributed by atoms with Crippen LogP contribution in [0.25, 0.3) is 0 Å². The summed E-state index contributed by atoms with van der Waals surface area (Å²) < 4.78 is 0. The number of hydrogen-bond donors (Lipinski definition) is 4. The van der Waals surface area contributed by atoms with Gasteiger partial charge in [0.1, 0.15) is 6.23 Å². The van der Waals surface area contributed by atoms with E-state index in [4.69, 9.17) is 0 Å². The first-order valence-electron chi connectivity index (χ1n) is 8.32. The summed E-state index contributed by atoms with van der Waals surface area (Å²) in [6.45, 7) is 7.36. The molecular formula is C18H30N2O4. The van der Waals surface area contributed by atoms with E-state index in [0.29, 0.717) is 12.8 Å². The molecule has 0 radical (unpaired) electrons. The standard InChI is InChI=1S/C18H30N2O4/c1-5-16(22)19-12-15(21)14(11-13-9-7-6-8-10-13)20(17(23)24)18(2,3)4/h6-10,14-16,19,21-22H,5,11-12H2,1-4H3,(H,23,24)/t14-,15+,16?/m0/s1. The lowest BCUT2D eigenvalue weighted by Crippen LogP contribution is -2.58. The average molecular weight is 338 g/mol. The highest BCUT2D eigenvalue weighted by Crippen LogP contribution is 2.22. The zero-order valence-electron chi connectivity index (χ0n) is 14.9. The molecule has 0 aromatic heterocycles. The van der Waals surface area contributed by atoms with Gasteiger partial charge in [0.25, 0.3) is 0 Å². The molecule has 0 saturated carbocycles. The minimum Gasteiger partial charge on any atom is -0.465 e. The van der Waals surface area contributed by atoms with Gasteiger partial charge < -0.3 is 15.3 Å². The van der Waals surface area contributed by atoms with Crippen LogP contribution < -0.4 is 5.32 Å². The largest absolute Gasteiger partial charge is 0.465 e. The summed E-state index contributed by atoms with van der Waals surface area (Å²) in [7, 11) is 0. The molecule has 0 spiro atoms. The van der Waals surface area contributed by atoms with Crippen molar-refractivity contribution in [1.29, 1.82) is 0 Å². The van der Waals surface area contributed by atoms with E-state index in [1.807, 2.05) is 37.3 Å². The number of carbonyl (C=O) groups is 1. The number of amides is 1. The summed E-state index contributed by atoms with van der Waals surface area (Å²) in [6, 6.07) is 8.88. The van der Waals surface area contributed by atoms with Crippen molar-refractivity contribution in [2.24, 2.45) is 0 Å². The molecule has 0 aliphatic heterocycles. The van der Waals surface area contributed by atoms with Crippen LogP contribution in [-0.4, -0.2) is 56.8 Å². The van der Waals surface area contributed by atoms with Crippen molar-refractivity contribution < 1.29 is 20.1 Å². The Morgan fingerprint density at radius 1 is 1.21 bits per heavy atom. The van der Waals surface area contributed by atoms with E-state index in [0.717, 1.165) is 5.56 Å². The van der Waals surface area contributed by atoms with Gasteiger partial charge in [-0.15, -0.1) is 0 Å². The van der Waals surface area contributed by atoms with Crippen molar-refractivity contribution >= 4 is 6.09 Å². The lowest BCUT2D eigenvalue weighted by molar-refractivity contribution is 0.00105. The molecule has 3 atom stereocenters. The molecule has 0 heterocycles. The van der Waals surface area contributed by atoms with E-state index in [-0.39, 0.29) is 6.54 Å². The highest BCUT2D eigenvalue weighted by atomic mass is 16.4. The average Bonchev–Trinajstić information content (AvgIpc) is 2.50. The van der Waals surface area contributed by atoms with Gasteiger partial charge in [-0.3, -0.25) is 10.2 Å². The molecule has 1 rings (SSSR count). The smallest absolute Gasteiger partial charge is 0.408 e. The van der Waals surface area contributed by atoms with Gasteiger partial charge in [0, 0.05) is 12.1 Å². The van der Waals surface area contributed by atoms with Crippen LogP contribution in [0, 0.1) is 0 Å². The molecule has 1 aromatic carbocycles. The van der Waals surface area contributed by atoms with Crippen LogP contribution in [0.3, 0.4) is 0 Å². The van der Waals surface area contributed by atoms with Crippen molar-refractivity contribution in [2.45, 2.75) is 64.4 Å². The molecule has 6 heteroatoms. The van der Waals surface area contributed by atoms with Crippen molar-refractivity contribution in [1.82, 2.24) is 10.2 Å². The Labute approximate surface area is 144 Å². The van der Waals surface area contributed by atoms with Gasteiger partial charge in [0.05, 0.1) is 12.1 Å². The predicted molar refractivity (Wildman–Crippen MR) is 93.9 cm³/mol. The Balaban J connectivity index is 3.03. The van der Waals surface area contributed by atoms with Gasteiger partial charge in [-0.25, -0.2) is 4.79 Å². The summed E-state index contributed by atoms with van der Waals surface area (Å²) in [5, 5.41) is 32.8. The van der Waals surface area contributed by atoms with E-state index in [1.165, 1.54) is 4.90 Å². The summed E-state index contributed by atoms with van der Waals surface area (Å²) in [4.78, 5) is 13.1. The third kappa shape index (κ3) is 6.11. The number of benzene rings is 1. The van der Waals surface area contributed by atoms with Crippen LogP contribution in [0.5, 0.6) is 0 Å². The molecule has 1 amide bonds. The lowest BCUT2D eigenvalue weighted by atomic mass is 9.94. The second-order valence-corrected chi connectivity index (χ2v) is 6.98. The molecule has 0 aliphatic carbocycles. The van der Waals surface area contributed by atoms with Gasteiger partial charge in [-0.1, -0.05) is 37.3 Å². The first kappa shape index (κ1) is 20.4. The Kier molecular flexibility index (Phi) is 7.66. The fourth-order valence-corrected chi connectivity index (χ4v) is 2.72. The van der Waals surface area contributed by atoms with Crippen LogP contribution >= 0.6 is 0 Å². The van der Waals surface area contributed by atoms with E-state index in [1.54, 1.807) is 20.8 Å². The maximum Gasteiger partial charge on any atom is 0.408 e. The van der Waals surface area contributed by atoms with Gasteiger partial charge in [0.15, 0.2) is 0 Å². The number of nitrogens with zero attached hydrogens (tertiary/aromatic N) is 1. The molecule has 24 heavy (non-hydrogen) atoms. The zero-order chi connectivity index (χ0) is 18.3. The van der Waals surface area contributed by atoms with E-state index >= 15 is 0 Å². The molecule has 136 valence electrons. The summed E-state index contributed by atoms with van der Waals surface area (Å²) in [5.74, 6) is 0. The minimum absolute atomic E-state index is 0.117. The number of hydrogen-bond acceptors (Lipinski definition) is 4. The molecule has 0 bridgehead atoms. The van der Waals surface area contributed by atoms with Crippen LogP contribution in [0.4, 0.5) is 4.79 Å². The van der Waals surface area contributed by atoms with Crippen molar-refractivity contribution in [3.63, 3.8) is 0 Å². The quantitative estimate of drug-likeness (QED) is 0.545. The number of rotatable bonds is 8. The second-order valence-electron chi connectivity index (χ2n) is 6.98. The zero-order valence-corrected chi connectivity index (χ0v) is 14.9. The first-order valence-corrected chi connectivity index (χ1v) is 8.32. The monoisotopic (exact) mass is 338 g/mol. The van der Waals surface area contributed by atoms with Crippen LogP contribution in [0.15, 0.2) is 30.3 Å². The molecule has 0 saturated heterocycles. The molecule has 0 aliphatic rings. The highest BCUT2D eigenvalue weighted by Gasteiger charge is 2.37. The van der Waals surface area contributed by atoms with Crippen LogP contribution in [0.1, 0.15) is 39.7 Å². The fraction of sp³-hybridized carbons (Fsp3) is 0.611. The molecule has 1 aromatic rings. The molecule has 4 N–H and O–H groups in total. The number of carboxylic acid groups (broad SMARTS) is 1. The van der Waals surface area contributed by atoms with Crippen LogP contribution in [0.2, 0.25) is 0 Å². The van der Waals surface area contributed by atoms with E-state index in [2.05, 4.69) is 5.32 Å². The third-order valence-corrected chi connectivity index (χ3v) is 3.94. The Morgan fingerprint density at radius 2 is 1.79 bits per heavy atom. The lowest BCUT2D eigenvalue weighted by Gasteiger charge is -2.42. The Hall–Kier alpha value is -1.63. The fourth-order valence-electron chi connectivity index (χ4n) is 2.72. The summed E-state index contributed by atoms with van der Waals surface area (Å²) in [5.41, 5.74) is 0.295. The number of aliphatic hydroxyl groups is 2. The van der Waals surface area contributed by atoms with E-state index in [9.17, 15) is 20.1 Å². The number of nitrogens with one attached hydrogen (secondary N) is 1. The molecular weight excluding hydrogens is 308 g/mol. The Bertz CT molecular complexity index is 501.